The first-order valence-electron chi connectivity index (χ1n) is 6.50. The number of carbonyl (C=O) groups excluding carboxylic acids is 2. The van der Waals surface area contributed by atoms with E-state index in [2.05, 4.69) is 10.3 Å². The van der Waals surface area contributed by atoms with Crippen LogP contribution >= 0.6 is 11.6 Å². The van der Waals surface area contributed by atoms with Crippen LogP contribution in [0.5, 0.6) is 0 Å². The van der Waals surface area contributed by atoms with Gasteiger partial charge in [-0.15, -0.1) is 0 Å². The molecule has 0 bridgehead atoms. The highest BCUT2D eigenvalue weighted by Crippen LogP contribution is 2.28. The maximum Gasteiger partial charge on any atom is 0.253 e. The molecule has 0 aliphatic rings. The number of carbonyl (C=O) groups is 2. The third-order valence-electron chi connectivity index (χ3n) is 3.08. The van der Waals surface area contributed by atoms with Crippen LogP contribution in [0.2, 0.25) is 5.02 Å². The molecule has 0 atom stereocenters. The van der Waals surface area contributed by atoms with Crippen molar-refractivity contribution in [3.8, 4) is 11.3 Å². The lowest BCUT2D eigenvalue weighted by atomic mass is 10.1. The SMILES string of the molecule is Cc1[nH]c(-c2ccccc2Cl)cc1C(=O)NCCC(N)=O. The van der Waals surface area contributed by atoms with Crippen LogP contribution in [-0.2, 0) is 4.79 Å². The van der Waals surface area contributed by atoms with E-state index in [0.717, 1.165) is 17.0 Å². The number of halogens is 1. The number of rotatable bonds is 5. The van der Waals surface area contributed by atoms with E-state index >= 15 is 0 Å². The van der Waals surface area contributed by atoms with Gasteiger partial charge in [0.1, 0.15) is 0 Å². The second-order valence-corrected chi connectivity index (χ2v) is 5.08. The molecular formula is C15H16ClN3O2. The van der Waals surface area contributed by atoms with Gasteiger partial charge in [-0.3, -0.25) is 9.59 Å². The van der Waals surface area contributed by atoms with Crippen molar-refractivity contribution in [1.82, 2.24) is 10.3 Å². The molecule has 0 aliphatic carbocycles. The van der Waals surface area contributed by atoms with Crippen LogP contribution in [0.15, 0.2) is 30.3 Å². The van der Waals surface area contributed by atoms with Gasteiger partial charge in [-0.05, 0) is 19.1 Å². The number of primary amides is 1. The molecule has 0 radical (unpaired) electrons. The van der Waals surface area contributed by atoms with Crippen molar-refractivity contribution in [2.45, 2.75) is 13.3 Å². The minimum atomic E-state index is -0.446. The molecule has 2 rings (SSSR count). The van der Waals surface area contributed by atoms with Crippen LogP contribution in [0.4, 0.5) is 0 Å². The Morgan fingerprint density at radius 1 is 1.33 bits per heavy atom. The average molecular weight is 306 g/mol. The minimum absolute atomic E-state index is 0.118. The van der Waals surface area contributed by atoms with Gasteiger partial charge in [0.25, 0.3) is 5.91 Å². The quantitative estimate of drug-likeness (QED) is 0.791. The van der Waals surface area contributed by atoms with Crippen LogP contribution in [0.25, 0.3) is 11.3 Å². The first kappa shape index (κ1) is 15.1. The summed E-state index contributed by atoms with van der Waals surface area (Å²) in [4.78, 5) is 25.9. The molecule has 0 aliphatic heterocycles. The number of benzene rings is 1. The fourth-order valence-electron chi connectivity index (χ4n) is 2.01. The second-order valence-electron chi connectivity index (χ2n) is 4.67. The predicted octanol–water partition coefficient (Wildman–Crippen LogP) is 2.25. The molecule has 0 saturated heterocycles. The summed E-state index contributed by atoms with van der Waals surface area (Å²) in [6, 6.07) is 9.14. The lowest BCUT2D eigenvalue weighted by Crippen LogP contribution is -2.28. The van der Waals surface area contributed by atoms with E-state index in [1.165, 1.54) is 0 Å². The summed E-state index contributed by atoms with van der Waals surface area (Å²) in [6.45, 7) is 2.03. The Labute approximate surface area is 127 Å². The normalized spacial score (nSPS) is 10.4. The zero-order valence-electron chi connectivity index (χ0n) is 11.6. The maximum absolute atomic E-state index is 12.1. The third kappa shape index (κ3) is 3.64. The van der Waals surface area contributed by atoms with Crippen molar-refractivity contribution in [3.63, 3.8) is 0 Å². The van der Waals surface area contributed by atoms with Crippen molar-refractivity contribution in [2.24, 2.45) is 5.73 Å². The molecule has 1 aromatic heterocycles. The van der Waals surface area contributed by atoms with Crippen molar-refractivity contribution >= 4 is 23.4 Å². The zero-order valence-corrected chi connectivity index (χ0v) is 12.3. The zero-order chi connectivity index (χ0) is 15.4. The van der Waals surface area contributed by atoms with Crippen molar-refractivity contribution in [2.75, 3.05) is 6.54 Å². The highest BCUT2D eigenvalue weighted by atomic mass is 35.5. The number of nitrogens with two attached hydrogens (primary N) is 1. The number of aromatic nitrogens is 1. The number of nitrogens with one attached hydrogen (secondary N) is 2. The highest BCUT2D eigenvalue weighted by Gasteiger charge is 2.14. The van der Waals surface area contributed by atoms with Crippen LogP contribution in [0, 0.1) is 6.92 Å². The monoisotopic (exact) mass is 305 g/mol. The van der Waals surface area contributed by atoms with Gasteiger partial charge in [0.15, 0.2) is 0 Å². The van der Waals surface area contributed by atoms with Gasteiger partial charge in [-0.25, -0.2) is 0 Å². The van der Waals surface area contributed by atoms with E-state index in [0.29, 0.717) is 10.6 Å². The highest BCUT2D eigenvalue weighted by molar-refractivity contribution is 6.33. The van der Waals surface area contributed by atoms with E-state index in [1.54, 1.807) is 12.1 Å². The molecule has 110 valence electrons. The van der Waals surface area contributed by atoms with Gasteiger partial charge < -0.3 is 16.0 Å². The molecule has 1 heterocycles. The summed E-state index contributed by atoms with van der Waals surface area (Å²) in [5.41, 5.74) is 7.90. The molecule has 2 amide bonds. The molecule has 0 unspecified atom stereocenters. The summed E-state index contributed by atoms with van der Waals surface area (Å²) in [7, 11) is 0. The molecule has 21 heavy (non-hydrogen) atoms. The smallest absolute Gasteiger partial charge is 0.253 e. The largest absolute Gasteiger partial charge is 0.370 e. The van der Waals surface area contributed by atoms with Crippen LogP contribution in [-0.4, -0.2) is 23.3 Å². The standard InChI is InChI=1S/C15H16ClN3O2/c1-9-11(15(21)18-7-6-14(17)20)8-13(19-9)10-4-2-3-5-12(10)16/h2-5,8,19H,6-7H2,1H3,(H2,17,20)(H,18,21). The molecule has 1 aromatic carbocycles. The average Bonchev–Trinajstić information content (AvgIpc) is 2.80. The van der Waals surface area contributed by atoms with E-state index in [4.69, 9.17) is 17.3 Å². The molecular weight excluding hydrogens is 290 g/mol. The Hall–Kier alpha value is -2.27. The van der Waals surface area contributed by atoms with Crippen molar-refractivity contribution in [1.29, 1.82) is 0 Å². The summed E-state index contributed by atoms with van der Waals surface area (Å²) >= 11 is 6.15. The predicted molar refractivity (Wildman–Crippen MR) is 82.1 cm³/mol. The molecule has 6 heteroatoms. The first-order valence-corrected chi connectivity index (χ1v) is 6.88. The fourth-order valence-corrected chi connectivity index (χ4v) is 2.25. The van der Waals surface area contributed by atoms with E-state index < -0.39 is 5.91 Å². The Balaban J connectivity index is 2.18. The number of aryl methyl sites for hydroxylation is 1. The van der Waals surface area contributed by atoms with E-state index in [1.807, 2.05) is 25.1 Å². The number of hydrogen-bond acceptors (Lipinski definition) is 2. The Morgan fingerprint density at radius 3 is 2.71 bits per heavy atom. The maximum atomic E-state index is 12.1. The minimum Gasteiger partial charge on any atom is -0.370 e. The Kier molecular flexibility index (Phi) is 4.65. The summed E-state index contributed by atoms with van der Waals surface area (Å²) in [5.74, 6) is -0.693. The van der Waals surface area contributed by atoms with Crippen molar-refractivity contribution < 1.29 is 9.59 Å². The van der Waals surface area contributed by atoms with Gasteiger partial charge in [-0.1, -0.05) is 29.8 Å². The van der Waals surface area contributed by atoms with Gasteiger partial charge in [-0.2, -0.15) is 0 Å². The van der Waals surface area contributed by atoms with Gasteiger partial charge in [0.2, 0.25) is 5.91 Å². The first-order chi connectivity index (χ1) is 9.99. The molecule has 2 aromatic rings. The van der Waals surface area contributed by atoms with Crippen LogP contribution < -0.4 is 11.1 Å². The van der Waals surface area contributed by atoms with Gasteiger partial charge in [0.05, 0.1) is 5.56 Å². The van der Waals surface area contributed by atoms with Crippen LogP contribution in [0.1, 0.15) is 22.5 Å². The molecule has 0 spiro atoms. The van der Waals surface area contributed by atoms with Crippen LogP contribution in [0.3, 0.4) is 0 Å². The molecule has 0 saturated carbocycles. The third-order valence-corrected chi connectivity index (χ3v) is 3.41. The second kappa shape index (κ2) is 6.45. The lowest BCUT2D eigenvalue weighted by molar-refractivity contribution is -0.117. The number of H-pyrrole nitrogens is 1. The van der Waals surface area contributed by atoms with E-state index in [9.17, 15) is 9.59 Å². The fraction of sp³-hybridized carbons (Fsp3) is 0.200. The summed E-state index contributed by atoms with van der Waals surface area (Å²) in [5, 5.41) is 3.27. The number of amides is 2. The molecule has 0 fully saturated rings. The van der Waals surface area contributed by atoms with E-state index in [-0.39, 0.29) is 18.9 Å². The Morgan fingerprint density at radius 2 is 2.05 bits per heavy atom. The summed E-state index contributed by atoms with van der Waals surface area (Å²) in [6.07, 6.45) is 0.118. The topological polar surface area (TPSA) is 88.0 Å². The molecule has 5 nitrogen and oxygen atoms in total. The number of aromatic amines is 1. The van der Waals surface area contributed by atoms with Gasteiger partial charge in [0, 0.05) is 34.9 Å². The molecule has 4 N–H and O–H groups in total. The Bertz CT molecular complexity index is 679. The lowest BCUT2D eigenvalue weighted by Gasteiger charge is -2.02. The van der Waals surface area contributed by atoms with Gasteiger partial charge >= 0.3 is 0 Å². The summed E-state index contributed by atoms with van der Waals surface area (Å²) < 4.78 is 0. The van der Waals surface area contributed by atoms with Crippen molar-refractivity contribution in [3.05, 3.63) is 46.6 Å². The number of hydrogen-bond donors (Lipinski definition) is 3.